The minimum Gasteiger partial charge on any atom is -0.360 e. The summed E-state index contributed by atoms with van der Waals surface area (Å²) in [7, 11) is 0. The van der Waals surface area contributed by atoms with Gasteiger partial charge < -0.3 is 10.7 Å². The number of benzene rings is 1. The van der Waals surface area contributed by atoms with Crippen molar-refractivity contribution in [1.82, 2.24) is 15.0 Å². The number of aromatic amines is 1. The van der Waals surface area contributed by atoms with E-state index in [1.165, 1.54) is 5.39 Å². The van der Waals surface area contributed by atoms with Crippen LogP contribution in [0.2, 0.25) is 0 Å². The van der Waals surface area contributed by atoms with Crippen LogP contribution in [0, 0.1) is 0 Å². The first kappa shape index (κ1) is 12.8. The van der Waals surface area contributed by atoms with Crippen LogP contribution in [0.3, 0.4) is 0 Å². The molecule has 102 valence electrons. The molecular weight excluding hydrogens is 248 g/mol. The number of rotatable bonds is 4. The van der Waals surface area contributed by atoms with Crippen LogP contribution in [0.25, 0.3) is 22.2 Å². The standard InChI is InChI=1S/C16H18N4/c1-11(6-8-17)16-18-9-7-15(20-16)13-10-19-14-5-3-2-4-12(13)14/h2-5,7,9-11,19H,6,8,17H2,1H3. The van der Waals surface area contributed by atoms with Crippen LogP contribution in [0.1, 0.15) is 25.1 Å². The molecule has 0 bridgehead atoms. The van der Waals surface area contributed by atoms with Gasteiger partial charge in [-0.25, -0.2) is 9.97 Å². The van der Waals surface area contributed by atoms with Crippen LogP contribution in [0.15, 0.2) is 42.7 Å². The van der Waals surface area contributed by atoms with E-state index in [4.69, 9.17) is 10.7 Å². The molecule has 1 aromatic carbocycles. The first-order valence-corrected chi connectivity index (χ1v) is 6.89. The van der Waals surface area contributed by atoms with Crippen molar-refractivity contribution in [2.24, 2.45) is 5.73 Å². The zero-order valence-corrected chi connectivity index (χ0v) is 11.5. The van der Waals surface area contributed by atoms with E-state index >= 15 is 0 Å². The lowest BCUT2D eigenvalue weighted by molar-refractivity contribution is 0.647. The van der Waals surface area contributed by atoms with E-state index < -0.39 is 0 Å². The van der Waals surface area contributed by atoms with Gasteiger partial charge in [0.15, 0.2) is 0 Å². The van der Waals surface area contributed by atoms with E-state index in [0.717, 1.165) is 29.0 Å². The lowest BCUT2D eigenvalue weighted by atomic mass is 10.1. The lowest BCUT2D eigenvalue weighted by Crippen LogP contribution is -2.07. The Hall–Kier alpha value is -2.20. The molecule has 0 aliphatic heterocycles. The number of hydrogen-bond acceptors (Lipinski definition) is 3. The van der Waals surface area contributed by atoms with Crippen molar-refractivity contribution in [3.63, 3.8) is 0 Å². The SMILES string of the molecule is CC(CCN)c1nccc(-c2c[nH]c3ccccc23)n1. The van der Waals surface area contributed by atoms with Gasteiger partial charge >= 0.3 is 0 Å². The fraction of sp³-hybridized carbons (Fsp3) is 0.250. The quantitative estimate of drug-likeness (QED) is 0.762. The van der Waals surface area contributed by atoms with Gasteiger partial charge in [-0.3, -0.25) is 0 Å². The zero-order valence-electron chi connectivity index (χ0n) is 11.5. The molecule has 0 saturated heterocycles. The van der Waals surface area contributed by atoms with Crippen molar-refractivity contribution in [3.05, 3.63) is 48.5 Å². The Kier molecular flexibility index (Phi) is 3.48. The summed E-state index contributed by atoms with van der Waals surface area (Å²) in [6.45, 7) is 2.77. The minimum atomic E-state index is 0.283. The van der Waals surface area contributed by atoms with E-state index in [1.54, 1.807) is 0 Å². The van der Waals surface area contributed by atoms with E-state index in [2.05, 4.69) is 29.0 Å². The maximum atomic E-state index is 5.61. The van der Waals surface area contributed by atoms with Gasteiger partial charge in [0.05, 0.1) is 5.69 Å². The largest absolute Gasteiger partial charge is 0.360 e. The summed E-state index contributed by atoms with van der Waals surface area (Å²) in [6, 6.07) is 10.2. The summed E-state index contributed by atoms with van der Waals surface area (Å²) >= 11 is 0. The molecule has 0 spiro atoms. The molecule has 2 aromatic heterocycles. The van der Waals surface area contributed by atoms with Gasteiger partial charge in [-0.05, 0) is 25.1 Å². The van der Waals surface area contributed by atoms with Crippen molar-refractivity contribution in [2.45, 2.75) is 19.3 Å². The molecule has 0 amide bonds. The molecule has 4 nitrogen and oxygen atoms in total. The average molecular weight is 266 g/mol. The Morgan fingerprint density at radius 3 is 2.95 bits per heavy atom. The number of nitrogens with two attached hydrogens (primary N) is 1. The second-order valence-electron chi connectivity index (χ2n) is 5.03. The normalized spacial score (nSPS) is 12.7. The highest BCUT2D eigenvalue weighted by atomic mass is 14.9. The molecule has 0 radical (unpaired) electrons. The van der Waals surface area contributed by atoms with Gasteiger partial charge in [0, 0.05) is 34.8 Å². The van der Waals surface area contributed by atoms with E-state index in [1.807, 2.05) is 30.6 Å². The molecule has 3 aromatic rings. The Morgan fingerprint density at radius 1 is 1.25 bits per heavy atom. The topological polar surface area (TPSA) is 67.6 Å². The second-order valence-corrected chi connectivity index (χ2v) is 5.03. The minimum absolute atomic E-state index is 0.283. The zero-order chi connectivity index (χ0) is 13.9. The number of nitrogens with zero attached hydrogens (tertiary/aromatic N) is 2. The maximum absolute atomic E-state index is 5.61. The van der Waals surface area contributed by atoms with Crippen LogP contribution in [0.5, 0.6) is 0 Å². The fourth-order valence-corrected chi connectivity index (χ4v) is 2.42. The number of hydrogen-bond donors (Lipinski definition) is 2. The van der Waals surface area contributed by atoms with Gasteiger partial charge in [-0.15, -0.1) is 0 Å². The number of aromatic nitrogens is 3. The smallest absolute Gasteiger partial charge is 0.131 e. The molecule has 3 rings (SSSR count). The van der Waals surface area contributed by atoms with Gasteiger partial charge in [-0.2, -0.15) is 0 Å². The third kappa shape index (κ3) is 2.30. The monoisotopic (exact) mass is 266 g/mol. The van der Waals surface area contributed by atoms with Gasteiger partial charge in [-0.1, -0.05) is 25.1 Å². The Morgan fingerprint density at radius 2 is 2.10 bits per heavy atom. The molecule has 4 heteroatoms. The van der Waals surface area contributed by atoms with Crippen molar-refractivity contribution < 1.29 is 0 Å². The van der Waals surface area contributed by atoms with Crippen LogP contribution >= 0.6 is 0 Å². The highest BCUT2D eigenvalue weighted by molar-refractivity contribution is 5.94. The van der Waals surface area contributed by atoms with Gasteiger partial charge in [0.25, 0.3) is 0 Å². The van der Waals surface area contributed by atoms with Crippen LogP contribution in [-0.4, -0.2) is 21.5 Å². The third-order valence-electron chi connectivity index (χ3n) is 3.58. The number of fused-ring (bicyclic) bond motifs is 1. The highest BCUT2D eigenvalue weighted by Gasteiger charge is 2.11. The van der Waals surface area contributed by atoms with E-state index in [0.29, 0.717) is 6.54 Å². The maximum Gasteiger partial charge on any atom is 0.131 e. The number of para-hydroxylation sites is 1. The Bertz CT molecular complexity index is 717. The van der Waals surface area contributed by atoms with Crippen molar-refractivity contribution >= 4 is 10.9 Å². The summed E-state index contributed by atoms with van der Waals surface area (Å²) < 4.78 is 0. The van der Waals surface area contributed by atoms with E-state index in [-0.39, 0.29) is 5.92 Å². The molecule has 0 fully saturated rings. The van der Waals surface area contributed by atoms with Gasteiger partial charge in [0.1, 0.15) is 5.82 Å². The van der Waals surface area contributed by atoms with Crippen LogP contribution in [0.4, 0.5) is 0 Å². The van der Waals surface area contributed by atoms with Crippen molar-refractivity contribution in [3.8, 4) is 11.3 Å². The lowest BCUT2D eigenvalue weighted by Gasteiger charge is -2.09. The molecule has 3 N–H and O–H groups in total. The number of H-pyrrole nitrogens is 1. The highest BCUT2D eigenvalue weighted by Crippen LogP contribution is 2.27. The van der Waals surface area contributed by atoms with E-state index in [9.17, 15) is 0 Å². The molecule has 2 heterocycles. The summed E-state index contributed by atoms with van der Waals surface area (Å²) in [6.07, 6.45) is 4.73. The predicted octanol–water partition coefficient (Wildman–Crippen LogP) is 3.08. The molecular formula is C16H18N4. The van der Waals surface area contributed by atoms with Crippen molar-refractivity contribution in [2.75, 3.05) is 6.54 Å². The summed E-state index contributed by atoms with van der Waals surface area (Å²) in [5, 5.41) is 1.18. The predicted molar refractivity (Wildman–Crippen MR) is 81.4 cm³/mol. The molecule has 20 heavy (non-hydrogen) atoms. The second kappa shape index (κ2) is 5.43. The summed E-state index contributed by atoms with van der Waals surface area (Å²) in [5.41, 5.74) is 8.81. The van der Waals surface area contributed by atoms with Crippen molar-refractivity contribution in [1.29, 1.82) is 0 Å². The van der Waals surface area contributed by atoms with Crippen LogP contribution in [-0.2, 0) is 0 Å². The fourth-order valence-electron chi connectivity index (χ4n) is 2.42. The molecule has 0 aliphatic rings. The molecule has 0 saturated carbocycles. The first-order chi connectivity index (χ1) is 9.79. The first-order valence-electron chi connectivity index (χ1n) is 6.89. The van der Waals surface area contributed by atoms with Crippen LogP contribution < -0.4 is 5.73 Å². The molecule has 1 atom stereocenters. The molecule has 0 aliphatic carbocycles. The Labute approximate surface area is 118 Å². The summed E-state index contributed by atoms with van der Waals surface area (Å²) in [5.74, 6) is 1.14. The summed E-state index contributed by atoms with van der Waals surface area (Å²) in [4.78, 5) is 12.3. The number of nitrogens with one attached hydrogen (secondary N) is 1. The van der Waals surface area contributed by atoms with Gasteiger partial charge in [0.2, 0.25) is 0 Å². The third-order valence-corrected chi connectivity index (χ3v) is 3.58. The Balaban J connectivity index is 2.04. The molecule has 1 unspecified atom stereocenters. The average Bonchev–Trinajstić information content (AvgIpc) is 2.91.